The van der Waals surface area contributed by atoms with Crippen LogP contribution in [0.4, 0.5) is 0 Å². The highest BCUT2D eigenvalue weighted by Gasteiger charge is 2.22. The minimum Gasteiger partial charge on any atom is -0.381 e. The minimum atomic E-state index is 0.00254. The van der Waals surface area contributed by atoms with Crippen LogP contribution in [0.25, 0.3) is 0 Å². The van der Waals surface area contributed by atoms with E-state index in [4.69, 9.17) is 15.2 Å². The molecular formula is C17H27NO2. The highest BCUT2D eigenvalue weighted by molar-refractivity contribution is 5.25. The van der Waals surface area contributed by atoms with Crippen molar-refractivity contribution in [1.82, 2.24) is 0 Å². The van der Waals surface area contributed by atoms with Crippen LogP contribution >= 0.6 is 0 Å². The molecule has 0 bridgehead atoms. The molecule has 0 spiro atoms. The molecule has 20 heavy (non-hydrogen) atoms. The predicted molar refractivity (Wildman–Crippen MR) is 81.7 cm³/mol. The maximum atomic E-state index is 6.27. The molecule has 1 fully saturated rings. The van der Waals surface area contributed by atoms with Gasteiger partial charge in [0.1, 0.15) is 0 Å². The summed E-state index contributed by atoms with van der Waals surface area (Å²) in [7, 11) is 0. The van der Waals surface area contributed by atoms with Gasteiger partial charge < -0.3 is 15.2 Å². The first-order valence-corrected chi connectivity index (χ1v) is 7.72. The van der Waals surface area contributed by atoms with Crippen molar-refractivity contribution in [2.45, 2.75) is 45.3 Å². The van der Waals surface area contributed by atoms with Crippen molar-refractivity contribution >= 4 is 0 Å². The Hall–Kier alpha value is -0.900. The quantitative estimate of drug-likeness (QED) is 0.868. The van der Waals surface area contributed by atoms with E-state index in [0.29, 0.717) is 5.92 Å². The summed E-state index contributed by atoms with van der Waals surface area (Å²) in [5.74, 6) is 0.611. The maximum Gasteiger partial charge on any atom is 0.0975 e. The molecule has 0 aromatic heterocycles. The van der Waals surface area contributed by atoms with Crippen LogP contribution in [0, 0.1) is 12.8 Å². The first-order valence-electron chi connectivity index (χ1n) is 7.72. The molecule has 1 heterocycles. The molecule has 2 atom stereocenters. The van der Waals surface area contributed by atoms with Crippen molar-refractivity contribution < 1.29 is 9.47 Å². The molecule has 0 aliphatic carbocycles. The summed E-state index contributed by atoms with van der Waals surface area (Å²) in [4.78, 5) is 0. The first kappa shape index (κ1) is 15.5. The summed E-state index contributed by atoms with van der Waals surface area (Å²) in [5, 5.41) is 0. The number of rotatable bonds is 6. The average molecular weight is 277 g/mol. The molecule has 0 amide bonds. The van der Waals surface area contributed by atoms with E-state index in [1.165, 1.54) is 11.1 Å². The third-order valence-electron chi connectivity index (χ3n) is 4.08. The molecule has 1 aromatic carbocycles. The number of aryl methyl sites for hydroxylation is 1. The zero-order valence-corrected chi connectivity index (χ0v) is 12.7. The molecule has 0 saturated carbocycles. The van der Waals surface area contributed by atoms with E-state index in [-0.39, 0.29) is 12.1 Å². The van der Waals surface area contributed by atoms with Crippen molar-refractivity contribution in [1.29, 1.82) is 0 Å². The topological polar surface area (TPSA) is 44.5 Å². The van der Waals surface area contributed by atoms with E-state index >= 15 is 0 Å². The van der Waals surface area contributed by atoms with E-state index in [2.05, 4.69) is 38.1 Å². The lowest BCUT2D eigenvalue weighted by Crippen LogP contribution is -2.31. The summed E-state index contributed by atoms with van der Waals surface area (Å²) < 4.78 is 11.6. The Morgan fingerprint density at radius 2 is 2.10 bits per heavy atom. The summed E-state index contributed by atoms with van der Waals surface area (Å²) in [6.45, 7) is 6.74. The van der Waals surface area contributed by atoms with Gasteiger partial charge >= 0.3 is 0 Å². The zero-order chi connectivity index (χ0) is 14.4. The van der Waals surface area contributed by atoms with Crippen LogP contribution in [0.1, 0.15) is 43.4 Å². The molecular weight excluding hydrogens is 250 g/mol. The fourth-order valence-electron chi connectivity index (χ4n) is 2.68. The minimum absolute atomic E-state index is 0.00254. The SMILES string of the molecule is CCC(N)C(OCC1CCOCC1)c1cccc(C)c1. The molecule has 0 radical (unpaired) electrons. The fraction of sp³-hybridized carbons (Fsp3) is 0.647. The second-order valence-corrected chi connectivity index (χ2v) is 5.80. The molecule has 1 aromatic rings. The maximum absolute atomic E-state index is 6.27. The van der Waals surface area contributed by atoms with Gasteiger partial charge in [-0.15, -0.1) is 0 Å². The van der Waals surface area contributed by atoms with Crippen molar-refractivity contribution in [2.24, 2.45) is 11.7 Å². The Labute approximate surface area is 122 Å². The van der Waals surface area contributed by atoms with Gasteiger partial charge in [0.2, 0.25) is 0 Å². The molecule has 2 rings (SSSR count). The van der Waals surface area contributed by atoms with Gasteiger partial charge in [0.25, 0.3) is 0 Å². The predicted octanol–water partition coefficient (Wildman–Crippen LogP) is 3.22. The Morgan fingerprint density at radius 3 is 2.75 bits per heavy atom. The van der Waals surface area contributed by atoms with E-state index in [1.54, 1.807) is 0 Å². The van der Waals surface area contributed by atoms with Crippen molar-refractivity contribution in [2.75, 3.05) is 19.8 Å². The van der Waals surface area contributed by atoms with E-state index in [9.17, 15) is 0 Å². The van der Waals surface area contributed by atoms with Gasteiger partial charge in [-0.1, -0.05) is 36.8 Å². The van der Waals surface area contributed by atoms with Gasteiger partial charge in [-0.2, -0.15) is 0 Å². The fourth-order valence-corrected chi connectivity index (χ4v) is 2.68. The van der Waals surface area contributed by atoms with Crippen LogP contribution in [0.3, 0.4) is 0 Å². The summed E-state index contributed by atoms with van der Waals surface area (Å²) in [6.07, 6.45) is 3.12. The number of hydrogen-bond acceptors (Lipinski definition) is 3. The average Bonchev–Trinajstić information content (AvgIpc) is 2.48. The van der Waals surface area contributed by atoms with Gasteiger partial charge in [0.05, 0.1) is 12.7 Å². The van der Waals surface area contributed by atoms with Crippen LogP contribution in [0.5, 0.6) is 0 Å². The zero-order valence-electron chi connectivity index (χ0n) is 12.7. The lowest BCUT2D eigenvalue weighted by molar-refractivity contribution is -0.0211. The molecule has 2 N–H and O–H groups in total. The van der Waals surface area contributed by atoms with Gasteiger partial charge in [-0.05, 0) is 37.7 Å². The van der Waals surface area contributed by atoms with Crippen LogP contribution in [0.2, 0.25) is 0 Å². The van der Waals surface area contributed by atoms with Crippen LogP contribution in [-0.4, -0.2) is 25.9 Å². The normalized spacial score (nSPS) is 19.8. The molecule has 1 aliphatic heterocycles. The van der Waals surface area contributed by atoms with E-state index in [0.717, 1.165) is 39.1 Å². The van der Waals surface area contributed by atoms with Crippen LogP contribution < -0.4 is 5.73 Å². The summed E-state index contributed by atoms with van der Waals surface area (Å²) >= 11 is 0. The molecule has 1 saturated heterocycles. The standard InChI is InChI=1S/C17H27NO2/c1-3-16(18)17(15-6-4-5-13(2)11-15)20-12-14-7-9-19-10-8-14/h4-6,11,14,16-17H,3,7-10,12,18H2,1-2H3. The van der Waals surface area contributed by atoms with E-state index in [1.807, 2.05) is 0 Å². The second kappa shape index (κ2) is 7.77. The Balaban J connectivity index is 2.00. The van der Waals surface area contributed by atoms with Crippen molar-refractivity contribution in [3.8, 4) is 0 Å². The third-order valence-corrected chi connectivity index (χ3v) is 4.08. The molecule has 112 valence electrons. The molecule has 1 aliphatic rings. The number of ether oxygens (including phenoxy) is 2. The number of benzene rings is 1. The largest absolute Gasteiger partial charge is 0.381 e. The Kier molecular flexibility index (Phi) is 6.02. The highest BCUT2D eigenvalue weighted by atomic mass is 16.5. The third kappa shape index (κ3) is 4.30. The van der Waals surface area contributed by atoms with Crippen molar-refractivity contribution in [3.05, 3.63) is 35.4 Å². The summed E-state index contributed by atoms with van der Waals surface area (Å²) in [5.41, 5.74) is 8.72. The van der Waals surface area contributed by atoms with Gasteiger partial charge in [0.15, 0.2) is 0 Å². The molecule has 3 heteroatoms. The smallest absolute Gasteiger partial charge is 0.0975 e. The van der Waals surface area contributed by atoms with Gasteiger partial charge in [-0.25, -0.2) is 0 Å². The van der Waals surface area contributed by atoms with Crippen LogP contribution in [0.15, 0.2) is 24.3 Å². The molecule has 3 nitrogen and oxygen atoms in total. The lowest BCUT2D eigenvalue weighted by atomic mass is 9.98. The van der Waals surface area contributed by atoms with Crippen LogP contribution in [-0.2, 0) is 9.47 Å². The lowest BCUT2D eigenvalue weighted by Gasteiger charge is -2.28. The van der Waals surface area contributed by atoms with Gasteiger partial charge in [0, 0.05) is 19.3 Å². The van der Waals surface area contributed by atoms with Crippen molar-refractivity contribution in [3.63, 3.8) is 0 Å². The summed E-state index contributed by atoms with van der Waals surface area (Å²) in [6, 6.07) is 8.55. The highest BCUT2D eigenvalue weighted by Crippen LogP contribution is 2.25. The number of hydrogen-bond donors (Lipinski definition) is 1. The Bertz CT molecular complexity index is 402. The molecule has 2 unspecified atom stereocenters. The number of nitrogens with two attached hydrogens (primary N) is 1. The first-order chi connectivity index (χ1) is 9.70. The Morgan fingerprint density at radius 1 is 1.35 bits per heavy atom. The van der Waals surface area contributed by atoms with E-state index < -0.39 is 0 Å². The van der Waals surface area contributed by atoms with Gasteiger partial charge in [-0.3, -0.25) is 0 Å². The second-order valence-electron chi connectivity index (χ2n) is 5.80. The monoisotopic (exact) mass is 277 g/mol.